The summed E-state index contributed by atoms with van der Waals surface area (Å²) in [5.74, 6) is -0.637. The molecule has 128 valence electrons. The summed E-state index contributed by atoms with van der Waals surface area (Å²) in [7, 11) is 0. The van der Waals surface area contributed by atoms with Crippen LogP contribution in [0.3, 0.4) is 0 Å². The van der Waals surface area contributed by atoms with Crippen LogP contribution >= 0.6 is 0 Å². The quantitative estimate of drug-likeness (QED) is 0.516. The highest BCUT2D eigenvalue weighted by molar-refractivity contribution is 6.00. The van der Waals surface area contributed by atoms with Gasteiger partial charge in [-0.2, -0.15) is 0 Å². The van der Waals surface area contributed by atoms with Gasteiger partial charge in [-0.3, -0.25) is 14.6 Å². The van der Waals surface area contributed by atoms with Crippen molar-refractivity contribution in [2.45, 2.75) is 47.0 Å². The number of esters is 2. The van der Waals surface area contributed by atoms with Crippen molar-refractivity contribution < 1.29 is 19.1 Å². The van der Waals surface area contributed by atoms with Gasteiger partial charge in [-0.25, -0.2) is 0 Å². The number of hydrogen-bond acceptors (Lipinski definition) is 5. The minimum atomic E-state index is -1.29. The van der Waals surface area contributed by atoms with E-state index >= 15 is 0 Å². The number of ether oxygens (including phenoxy) is 2. The Balaban J connectivity index is 3.19. The summed E-state index contributed by atoms with van der Waals surface area (Å²) >= 11 is 0. The number of hydrogen-bond donors (Lipinski definition) is 0. The molecule has 0 fully saturated rings. The highest BCUT2D eigenvalue weighted by Crippen LogP contribution is 2.34. The molecule has 0 atom stereocenters. The molecule has 1 rings (SSSR count). The second kappa shape index (κ2) is 9.28. The third kappa shape index (κ3) is 5.34. The first kappa shape index (κ1) is 19.1. The summed E-state index contributed by atoms with van der Waals surface area (Å²) in [6, 6.07) is 3.62. The van der Waals surface area contributed by atoms with Crippen molar-refractivity contribution in [2.24, 2.45) is 11.3 Å². The number of pyridine rings is 1. The van der Waals surface area contributed by atoms with E-state index in [1.165, 1.54) is 0 Å². The van der Waals surface area contributed by atoms with Gasteiger partial charge in [0.1, 0.15) is 0 Å². The van der Waals surface area contributed by atoms with Gasteiger partial charge in [0.2, 0.25) is 0 Å². The molecule has 0 aromatic carbocycles. The number of aromatic nitrogens is 1. The molecule has 1 aromatic rings. The zero-order valence-corrected chi connectivity index (χ0v) is 14.5. The molecule has 0 aliphatic heterocycles. The SMILES string of the molecule is CCOC(=O)C(CCC(C)C)(Cc1ccncc1)C(=O)OCC. The van der Waals surface area contributed by atoms with Crippen LogP contribution < -0.4 is 0 Å². The number of nitrogens with zero attached hydrogens (tertiary/aromatic N) is 1. The van der Waals surface area contributed by atoms with Gasteiger partial charge in [0.15, 0.2) is 5.41 Å². The molecule has 1 aromatic heterocycles. The van der Waals surface area contributed by atoms with E-state index in [9.17, 15) is 9.59 Å². The van der Waals surface area contributed by atoms with Crippen LogP contribution in [0.5, 0.6) is 0 Å². The lowest BCUT2D eigenvalue weighted by Crippen LogP contribution is -2.44. The molecule has 5 nitrogen and oxygen atoms in total. The van der Waals surface area contributed by atoms with Crippen molar-refractivity contribution in [3.63, 3.8) is 0 Å². The first-order chi connectivity index (χ1) is 11.0. The Hall–Kier alpha value is -1.91. The van der Waals surface area contributed by atoms with Crippen molar-refractivity contribution in [1.82, 2.24) is 4.98 Å². The number of carbonyl (C=O) groups excluding carboxylic acids is 2. The Morgan fingerprint density at radius 3 is 2.04 bits per heavy atom. The molecule has 1 heterocycles. The Kier molecular flexibility index (Phi) is 7.72. The molecule has 0 radical (unpaired) electrons. The van der Waals surface area contributed by atoms with E-state index in [1.807, 2.05) is 12.1 Å². The summed E-state index contributed by atoms with van der Waals surface area (Å²) in [6.45, 7) is 8.07. The van der Waals surface area contributed by atoms with Crippen molar-refractivity contribution >= 4 is 11.9 Å². The predicted molar refractivity (Wildman–Crippen MR) is 87.7 cm³/mol. The fourth-order valence-electron chi connectivity index (χ4n) is 2.44. The molecular formula is C18H27NO4. The van der Waals surface area contributed by atoms with E-state index in [4.69, 9.17) is 9.47 Å². The second-order valence-electron chi connectivity index (χ2n) is 5.99. The molecule has 0 bridgehead atoms. The van der Waals surface area contributed by atoms with E-state index < -0.39 is 17.4 Å². The summed E-state index contributed by atoms with van der Waals surface area (Å²) in [5.41, 5.74) is -0.428. The predicted octanol–water partition coefficient (Wildman–Crippen LogP) is 3.17. The van der Waals surface area contributed by atoms with Crippen molar-refractivity contribution in [1.29, 1.82) is 0 Å². The largest absolute Gasteiger partial charge is 0.465 e. The fourth-order valence-corrected chi connectivity index (χ4v) is 2.44. The van der Waals surface area contributed by atoms with Gasteiger partial charge in [0, 0.05) is 12.4 Å². The standard InChI is InChI=1S/C18H27NO4/c1-5-22-16(20)18(10-7-14(3)4,17(21)23-6-2)13-15-8-11-19-12-9-15/h8-9,11-12,14H,5-7,10,13H2,1-4H3. The number of rotatable bonds is 9. The van der Waals surface area contributed by atoms with Crippen LogP contribution in [0, 0.1) is 11.3 Å². The minimum Gasteiger partial charge on any atom is -0.465 e. The van der Waals surface area contributed by atoms with Gasteiger partial charge in [0.05, 0.1) is 13.2 Å². The summed E-state index contributed by atoms with van der Waals surface area (Å²) in [5, 5.41) is 0. The average molecular weight is 321 g/mol. The lowest BCUT2D eigenvalue weighted by molar-refractivity contribution is -0.173. The topological polar surface area (TPSA) is 65.5 Å². The van der Waals surface area contributed by atoms with E-state index in [-0.39, 0.29) is 19.6 Å². The van der Waals surface area contributed by atoms with Crippen molar-refractivity contribution in [3.05, 3.63) is 30.1 Å². The minimum absolute atomic E-state index is 0.234. The van der Waals surface area contributed by atoms with Crippen LogP contribution in [0.15, 0.2) is 24.5 Å². The Morgan fingerprint density at radius 2 is 1.61 bits per heavy atom. The molecule has 5 heteroatoms. The first-order valence-electron chi connectivity index (χ1n) is 8.19. The van der Waals surface area contributed by atoms with Crippen LogP contribution in [0.4, 0.5) is 0 Å². The van der Waals surface area contributed by atoms with Crippen LogP contribution in [-0.4, -0.2) is 30.1 Å². The summed E-state index contributed by atoms with van der Waals surface area (Å²) in [4.78, 5) is 29.3. The average Bonchev–Trinajstić information content (AvgIpc) is 2.52. The van der Waals surface area contributed by atoms with Gasteiger partial charge in [0.25, 0.3) is 0 Å². The van der Waals surface area contributed by atoms with Gasteiger partial charge >= 0.3 is 11.9 Å². The molecule has 0 amide bonds. The zero-order valence-electron chi connectivity index (χ0n) is 14.5. The zero-order chi connectivity index (χ0) is 17.3. The Morgan fingerprint density at radius 1 is 1.09 bits per heavy atom. The maximum Gasteiger partial charge on any atom is 0.323 e. The van der Waals surface area contributed by atoms with E-state index in [2.05, 4.69) is 18.8 Å². The molecule has 0 aliphatic rings. The second-order valence-corrected chi connectivity index (χ2v) is 5.99. The Labute approximate surface area is 138 Å². The van der Waals surface area contributed by atoms with E-state index in [1.54, 1.807) is 26.2 Å². The molecule has 0 N–H and O–H groups in total. The molecule has 0 spiro atoms. The lowest BCUT2D eigenvalue weighted by Gasteiger charge is -2.30. The molecule has 23 heavy (non-hydrogen) atoms. The monoisotopic (exact) mass is 321 g/mol. The van der Waals surface area contributed by atoms with Gasteiger partial charge in [-0.05, 0) is 56.7 Å². The third-order valence-electron chi connectivity index (χ3n) is 3.74. The summed E-state index contributed by atoms with van der Waals surface area (Å²) < 4.78 is 10.4. The third-order valence-corrected chi connectivity index (χ3v) is 3.74. The molecule has 0 aliphatic carbocycles. The van der Waals surface area contributed by atoms with Gasteiger partial charge in [-0.1, -0.05) is 13.8 Å². The van der Waals surface area contributed by atoms with E-state index in [0.29, 0.717) is 12.3 Å². The summed E-state index contributed by atoms with van der Waals surface area (Å²) in [6.07, 6.45) is 4.71. The fraction of sp³-hybridized carbons (Fsp3) is 0.611. The molecular weight excluding hydrogens is 294 g/mol. The maximum absolute atomic E-state index is 12.7. The highest BCUT2D eigenvalue weighted by Gasteiger charge is 2.48. The van der Waals surface area contributed by atoms with Crippen LogP contribution in [0.25, 0.3) is 0 Å². The van der Waals surface area contributed by atoms with Crippen molar-refractivity contribution in [3.8, 4) is 0 Å². The number of carbonyl (C=O) groups is 2. The molecule has 0 unspecified atom stereocenters. The molecule has 0 saturated carbocycles. The maximum atomic E-state index is 12.7. The molecule has 0 saturated heterocycles. The first-order valence-corrected chi connectivity index (χ1v) is 8.19. The van der Waals surface area contributed by atoms with Crippen LogP contribution in [-0.2, 0) is 25.5 Å². The van der Waals surface area contributed by atoms with E-state index in [0.717, 1.165) is 12.0 Å². The highest BCUT2D eigenvalue weighted by atomic mass is 16.6. The van der Waals surface area contributed by atoms with Crippen molar-refractivity contribution in [2.75, 3.05) is 13.2 Å². The Bertz CT molecular complexity index is 481. The van der Waals surface area contributed by atoms with Crippen LogP contribution in [0.2, 0.25) is 0 Å². The van der Waals surface area contributed by atoms with Crippen LogP contribution in [0.1, 0.15) is 46.1 Å². The lowest BCUT2D eigenvalue weighted by atomic mass is 9.76. The van der Waals surface area contributed by atoms with Gasteiger partial charge in [-0.15, -0.1) is 0 Å². The smallest absolute Gasteiger partial charge is 0.323 e. The normalized spacial score (nSPS) is 11.3. The van der Waals surface area contributed by atoms with Gasteiger partial charge < -0.3 is 9.47 Å².